The highest BCUT2D eigenvalue weighted by atomic mass is 35.5. The van der Waals surface area contributed by atoms with Crippen LogP contribution in [0.1, 0.15) is 26.3 Å². The van der Waals surface area contributed by atoms with E-state index >= 15 is 0 Å². The predicted molar refractivity (Wildman–Crippen MR) is 83.6 cm³/mol. The fourth-order valence-electron chi connectivity index (χ4n) is 1.27. The minimum absolute atomic E-state index is 0.261. The minimum atomic E-state index is -1.63. The normalized spacial score (nSPS) is 13.2. The van der Waals surface area contributed by atoms with Crippen molar-refractivity contribution in [3.05, 3.63) is 40.9 Å². The molecule has 0 atom stereocenters. The van der Waals surface area contributed by atoms with Gasteiger partial charge in [0.25, 0.3) is 0 Å². The fourth-order valence-corrected chi connectivity index (χ4v) is 2.41. The molecule has 0 bridgehead atoms. The van der Waals surface area contributed by atoms with Crippen LogP contribution in [-0.2, 0) is 4.43 Å². The second-order valence-corrected chi connectivity index (χ2v) is 11.3. The zero-order chi connectivity index (χ0) is 13.8. The second-order valence-electron chi connectivity index (χ2n) is 6.03. The van der Waals surface area contributed by atoms with Gasteiger partial charge in [0, 0.05) is 5.02 Å². The van der Waals surface area contributed by atoms with E-state index in [-0.39, 0.29) is 5.04 Å². The van der Waals surface area contributed by atoms with Crippen LogP contribution in [0.2, 0.25) is 23.2 Å². The van der Waals surface area contributed by atoms with Gasteiger partial charge in [-0.3, -0.25) is 0 Å². The SMILES string of the molecule is CC(C)(C)[Si](C)(C)OC/C=C/c1cccc(Cl)c1. The Hall–Kier alpha value is -0.573. The van der Waals surface area contributed by atoms with Gasteiger partial charge in [-0.1, -0.05) is 56.7 Å². The van der Waals surface area contributed by atoms with Gasteiger partial charge in [-0.2, -0.15) is 0 Å². The number of hydrogen-bond acceptors (Lipinski definition) is 1. The number of benzene rings is 1. The summed E-state index contributed by atoms with van der Waals surface area (Å²) in [5.41, 5.74) is 1.11. The number of halogens is 1. The lowest BCUT2D eigenvalue weighted by Crippen LogP contribution is -2.40. The average molecular weight is 283 g/mol. The second kappa shape index (κ2) is 6.05. The Morgan fingerprint density at radius 2 is 1.94 bits per heavy atom. The maximum atomic E-state index is 6.06. The summed E-state index contributed by atoms with van der Waals surface area (Å²) in [6.45, 7) is 11.9. The van der Waals surface area contributed by atoms with Gasteiger partial charge in [0.1, 0.15) is 0 Å². The first-order valence-corrected chi connectivity index (χ1v) is 9.57. The first kappa shape index (κ1) is 15.5. The number of hydrogen-bond donors (Lipinski definition) is 0. The molecule has 0 amide bonds. The van der Waals surface area contributed by atoms with Crippen molar-refractivity contribution < 1.29 is 4.43 Å². The molecule has 0 aliphatic carbocycles. The van der Waals surface area contributed by atoms with Gasteiger partial charge in [0.2, 0.25) is 0 Å². The van der Waals surface area contributed by atoms with Crippen LogP contribution in [0.5, 0.6) is 0 Å². The van der Waals surface area contributed by atoms with Crippen LogP contribution < -0.4 is 0 Å². The molecule has 1 nitrogen and oxygen atoms in total. The molecule has 0 aliphatic rings. The van der Waals surface area contributed by atoms with E-state index < -0.39 is 8.32 Å². The quantitative estimate of drug-likeness (QED) is 0.674. The van der Waals surface area contributed by atoms with Crippen molar-refractivity contribution in [2.24, 2.45) is 0 Å². The Bertz CT molecular complexity index is 419. The molecular weight excluding hydrogens is 260 g/mol. The van der Waals surface area contributed by atoms with Crippen LogP contribution >= 0.6 is 11.6 Å². The summed E-state index contributed by atoms with van der Waals surface area (Å²) < 4.78 is 6.06. The smallest absolute Gasteiger partial charge is 0.192 e. The third-order valence-corrected chi connectivity index (χ3v) is 8.24. The lowest BCUT2D eigenvalue weighted by atomic mass is 10.2. The van der Waals surface area contributed by atoms with Crippen molar-refractivity contribution in [1.29, 1.82) is 0 Å². The molecule has 0 heterocycles. The van der Waals surface area contributed by atoms with Gasteiger partial charge in [-0.15, -0.1) is 0 Å². The van der Waals surface area contributed by atoms with E-state index in [0.717, 1.165) is 10.6 Å². The van der Waals surface area contributed by atoms with Crippen molar-refractivity contribution in [3.8, 4) is 0 Å². The van der Waals surface area contributed by atoms with Crippen LogP contribution in [0.4, 0.5) is 0 Å². The summed E-state index contributed by atoms with van der Waals surface area (Å²) in [5, 5.41) is 1.03. The molecule has 0 spiro atoms. The van der Waals surface area contributed by atoms with Crippen molar-refractivity contribution in [2.45, 2.75) is 38.9 Å². The Labute approximate surface area is 117 Å². The fraction of sp³-hybridized carbons (Fsp3) is 0.467. The summed E-state index contributed by atoms with van der Waals surface area (Å²) in [4.78, 5) is 0. The highest BCUT2D eigenvalue weighted by molar-refractivity contribution is 6.74. The molecular formula is C15H23ClOSi. The molecule has 0 N–H and O–H groups in total. The molecule has 1 rings (SSSR count). The Kier molecular flexibility index (Phi) is 5.20. The lowest BCUT2D eigenvalue weighted by Gasteiger charge is -2.35. The third kappa shape index (κ3) is 4.60. The van der Waals surface area contributed by atoms with Gasteiger partial charge in [0.15, 0.2) is 8.32 Å². The van der Waals surface area contributed by atoms with Crippen molar-refractivity contribution in [1.82, 2.24) is 0 Å². The molecule has 0 saturated carbocycles. The van der Waals surface area contributed by atoms with E-state index in [1.54, 1.807) is 0 Å². The van der Waals surface area contributed by atoms with E-state index in [1.807, 2.05) is 24.3 Å². The van der Waals surface area contributed by atoms with Crippen LogP contribution in [0.25, 0.3) is 6.08 Å². The largest absolute Gasteiger partial charge is 0.413 e. The zero-order valence-electron chi connectivity index (χ0n) is 12.0. The third-order valence-electron chi connectivity index (χ3n) is 3.51. The molecule has 0 fully saturated rings. The summed E-state index contributed by atoms with van der Waals surface area (Å²) in [5.74, 6) is 0. The van der Waals surface area contributed by atoms with Crippen molar-refractivity contribution in [3.63, 3.8) is 0 Å². The van der Waals surface area contributed by atoms with Crippen molar-refractivity contribution in [2.75, 3.05) is 6.61 Å². The van der Waals surface area contributed by atoms with Gasteiger partial charge in [-0.25, -0.2) is 0 Å². The average Bonchev–Trinajstić information content (AvgIpc) is 2.23. The molecule has 18 heavy (non-hydrogen) atoms. The summed E-state index contributed by atoms with van der Waals surface area (Å²) in [7, 11) is -1.63. The summed E-state index contributed by atoms with van der Waals surface area (Å²) in [6, 6.07) is 7.82. The molecule has 1 aromatic carbocycles. The first-order chi connectivity index (χ1) is 8.22. The minimum Gasteiger partial charge on any atom is -0.413 e. The van der Waals surface area contributed by atoms with Gasteiger partial charge in [0.05, 0.1) is 6.61 Å². The van der Waals surface area contributed by atoms with Crippen LogP contribution in [-0.4, -0.2) is 14.9 Å². The topological polar surface area (TPSA) is 9.23 Å². The van der Waals surface area contributed by atoms with Crippen LogP contribution in [0, 0.1) is 0 Å². The van der Waals surface area contributed by atoms with E-state index in [9.17, 15) is 0 Å². The Morgan fingerprint density at radius 1 is 1.28 bits per heavy atom. The van der Waals surface area contributed by atoms with E-state index in [4.69, 9.17) is 16.0 Å². The van der Waals surface area contributed by atoms with E-state index in [1.165, 1.54) is 0 Å². The molecule has 0 aromatic heterocycles. The van der Waals surface area contributed by atoms with E-state index in [2.05, 4.69) is 46.0 Å². The first-order valence-electron chi connectivity index (χ1n) is 6.28. The van der Waals surface area contributed by atoms with Gasteiger partial charge in [-0.05, 0) is 35.8 Å². The highest BCUT2D eigenvalue weighted by Gasteiger charge is 2.36. The molecule has 0 unspecified atom stereocenters. The van der Waals surface area contributed by atoms with E-state index in [0.29, 0.717) is 6.61 Å². The van der Waals surface area contributed by atoms with Crippen molar-refractivity contribution >= 4 is 26.0 Å². The van der Waals surface area contributed by atoms with Gasteiger partial charge >= 0.3 is 0 Å². The molecule has 100 valence electrons. The summed E-state index contributed by atoms with van der Waals surface area (Å²) in [6.07, 6.45) is 4.12. The summed E-state index contributed by atoms with van der Waals surface area (Å²) >= 11 is 5.93. The molecule has 0 radical (unpaired) electrons. The lowest BCUT2D eigenvalue weighted by molar-refractivity contribution is 0.328. The maximum Gasteiger partial charge on any atom is 0.192 e. The zero-order valence-corrected chi connectivity index (χ0v) is 13.7. The monoisotopic (exact) mass is 282 g/mol. The maximum absolute atomic E-state index is 6.06. The number of rotatable bonds is 4. The molecule has 1 aromatic rings. The molecule has 0 aliphatic heterocycles. The van der Waals surface area contributed by atoms with Gasteiger partial charge < -0.3 is 4.43 Å². The standard InChI is InChI=1S/C15H23ClOSi/c1-15(2,3)18(4,5)17-11-7-9-13-8-6-10-14(16)12-13/h6-10,12H,11H2,1-5H3/b9-7+. The Balaban J connectivity index is 2.52. The molecule has 0 saturated heterocycles. The molecule has 3 heteroatoms. The van der Waals surface area contributed by atoms with Crippen LogP contribution in [0.15, 0.2) is 30.3 Å². The van der Waals surface area contributed by atoms with Crippen LogP contribution in [0.3, 0.4) is 0 Å². The highest BCUT2D eigenvalue weighted by Crippen LogP contribution is 2.36. The predicted octanol–water partition coefficient (Wildman–Crippen LogP) is 5.38. The Morgan fingerprint density at radius 3 is 2.50 bits per heavy atom.